The summed E-state index contributed by atoms with van der Waals surface area (Å²) in [6.07, 6.45) is 6.76. The lowest BCUT2D eigenvalue weighted by atomic mass is 9.96. The van der Waals surface area contributed by atoms with E-state index in [2.05, 4.69) is 35.0 Å². The third-order valence-electron chi connectivity index (χ3n) is 7.75. The highest BCUT2D eigenvalue weighted by Crippen LogP contribution is 2.40. The molecular formula is C30H36N4O3S. The van der Waals surface area contributed by atoms with Crippen LogP contribution >= 0.6 is 11.9 Å². The van der Waals surface area contributed by atoms with Gasteiger partial charge in [-0.1, -0.05) is 67.7 Å². The molecule has 1 fully saturated rings. The summed E-state index contributed by atoms with van der Waals surface area (Å²) in [5.74, 6) is 1.72. The summed E-state index contributed by atoms with van der Waals surface area (Å²) in [5, 5.41) is 14.4. The Kier molecular flexibility index (Phi) is 7.91. The minimum absolute atomic E-state index is 0.0926. The van der Waals surface area contributed by atoms with Gasteiger partial charge in [0, 0.05) is 16.9 Å². The van der Waals surface area contributed by atoms with Crippen molar-refractivity contribution in [1.82, 2.24) is 10.1 Å². The molecule has 1 aliphatic heterocycles. The van der Waals surface area contributed by atoms with Crippen molar-refractivity contribution in [3.05, 3.63) is 64.8 Å². The molecule has 0 bridgehead atoms. The largest absolute Gasteiger partial charge is 0.392 e. The van der Waals surface area contributed by atoms with Gasteiger partial charge in [0.15, 0.2) is 0 Å². The summed E-state index contributed by atoms with van der Waals surface area (Å²) in [6.45, 7) is 6.45. The van der Waals surface area contributed by atoms with Gasteiger partial charge in [0.05, 0.1) is 18.8 Å². The van der Waals surface area contributed by atoms with Crippen LogP contribution in [0.4, 0.5) is 5.88 Å². The van der Waals surface area contributed by atoms with Gasteiger partial charge in [-0.25, -0.2) is 0 Å². The van der Waals surface area contributed by atoms with E-state index in [1.165, 1.54) is 11.9 Å². The average Bonchev–Trinajstić information content (AvgIpc) is 3.61. The fraction of sp³-hybridized carbons (Fsp3) is 0.433. The number of aliphatic hydroxyl groups excluding tert-OH is 1. The molecule has 0 radical (unpaired) electrons. The first kappa shape index (κ1) is 26.5. The molecular weight excluding hydrogens is 496 g/mol. The van der Waals surface area contributed by atoms with E-state index in [0.717, 1.165) is 89.2 Å². The standard InChI is InChI=1S/C30H36N4O3S/c1-4-5-12-27-31-30(15-8-9-16-30)29(36)34(27)18-22-13-14-24(23(17-22)19-35)25-10-6-7-11-26(25)38-33-28-20(2)21(3)32-37-28/h6-7,10-11,13-14,17,33,35H,4-5,8-9,12,15-16,18-19H2,1-3H3. The fourth-order valence-electron chi connectivity index (χ4n) is 5.41. The lowest BCUT2D eigenvalue weighted by Gasteiger charge is -2.23. The molecule has 0 unspecified atom stereocenters. The summed E-state index contributed by atoms with van der Waals surface area (Å²) in [4.78, 5) is 21.5. The third kappa shape index (κ3) is 5.12. The van der Waals surface area contributed by atoms with Crippen LogP contribution in [0, 0.1) is 13.8 Å². The number of aromatic nitrogens is 1. The van der Waals surface area contributed by atoms with Crippen molar-refractivity contribution in [3.8, 4) is 11.1 Å². The highest BCUT2D eigenvalue weighted by molar-refractivity contribution is 8.00. The first-order chi connectivity index (χ1) is 18.5. The second kappa shape index (κ2) is 11.3. The van der Waals surface area contributed by atoms with E-state index in [1.54, 1.807) is 0 Å². The van der Waals surface area contributed by atoms with Crippen molar-refractivity contribution < 1.29 is 14.4 Å². The Morgan fingerprint density at radius 1 is 1.13 bits per heavy atom. The smallest absolute Gasteiger partial charge is 0.256 e. The number of aliphatic imine (C=N–C) groups is 1. The molecule has 1 amide bonds. The predicted octanol–water partition coefficient (Wildman–Crippen LogP) is 6.81. The van der Waals surface area contributed by atoms with E-state index in [0.29, 0.717) is 12.4 Å². The lowest BCUT2D eigenvalue weighted by molar-refractivity contribution is -0.131. The zero-order valence-electron chi connectivity index (χ0n) is 22.4. The molecule has 1 aromatic heterocycles. The lowest BCUT2D eigenvalue weighted by Crippen LogP contribution is -2.40. The maximum absolute atomic E-state index is 13.5. The number of amides is 1. The number of unbranched alkanes of at least 4 members (excludes halogenated alkanes) is 1. The third-order valence-corrected chi connectivity index (χ3v) is 8.61. The molecule has 200 valence electrons. The molecule has 5 rings (SSSR count). The number of carbonyl (C=O) groups excluding carboxylic acids is 1. The van der Waals surface area contributed by atoms with Crippen LogP contribution in [0.2, 0.25) is 0 Å². The maximum atomic E-state index is 13.5. The first-order valence-electron chi connectivity index (χ1n) is 13.5. The minimum Gasteiger partial charge on any atom is -0.392 e. The Morgan fingerprint density at radius 2 is 1.92 bits per heavy atom. The zero-order chi connectivity index (χ0) is 26.7. The summed E-state index contributed by atoms with van der Waals surface area (Å²) in [7, 11) is 0. The molecule has 7 nitrogen and oxygen atoms in total. The van der Waals surface area contributed by atoms with E-state index in [4.69, 9.17) is 9.52 Å². The number of rotatable bonds is 10. The van der Waals surface area contributed by atoms with Crippen molar-refractivity contribution in [1.29, 1.82) is 0 Å². The van der Waals surface area contributed by atoms with Gasteiger partial charge in [-0.2, -0.15) is 0 Å². The van der Waals surface area contributed by atoms with Crippen molar-refractivity contribution in [2.24, 2.45) is 4.99 Å². The van der Waals surface area contributed by atoms with Gasteiger partial charge in [-0.05, 0) is 73.4 Å². The fourth-order valence-corrected chi connectivity index (χ4v) is 6.24. The molecule has 1 spiro atoms. The highest BCUT2D eigenvalue weighted by atomic mass is 32.2. The number of amidine groups is 1. The van der Waals surface area contributed by atoms with E-state index >= 15 is 0 Å². The van der Waals surface area contributed by atoms with Crippen LogP contribution < -0.4 is 4.72 Å². The Morgan fingerprint density at radius 3 is 2.63 bits per heavy atom. The van der Waals surface area contributed by atoms with E-state index in [-0.39, 0.29) is 12.5 Å². The SMILES string of the molecule is CCCCC1=NC2(CCCC2)C(=O)N1Cc1ccc(-c2ccccc2SNc2onc(C)c2C)c(CO)c1. The summed E-state index contributed by atoms with van der Waals surface area (Å²) in [6, 6.07) is 14.2. The number of carbonyl (C=O) groups is 1. The van der Waals surface area contributed by atoms with E-state index < -0.39 is 5.54 Å². The molecule has 0 saturated heterocycles. The van der Waals surface area contributed by atoms with Crippen molar-refractivity contribution in [2.45, 2.75) is 89.3 Å². The summed E-state index contributed by atoms with van der Waals surface area (Å²) >= 11 is 1.46. The number of aliphatic hydroxyl groups is 1. The number of benzene rings is 2. The molecule has 1 saturated carbocycles. The summed E-state index contributed by atoms with van der Waals surface area (Å²) in [5.41, 5.74) is 5.11. The Bertz CT molecular complexity index is 1340. The number of nitrogens with one attached hydrogen (secondary N) is 1. The summed E-state index contributed by atoms with van der Waals surface area (Å²) < 4.78 is 8.67. The monoisotopic (exact) mass is 532 g/mol. The van der Waals surface area contributed by atoms with Crippen LogP contribution in [0.1, 0.15) is 74.3 Å². The zero-order valence-corrected chi connectivity index (χ0v) is 23.2. The maximum Gasteiger partial charge on any atom is 0.256 e. The van der Waals surface area contributed by atoms with Crippen LogP contribution in [-0.2, 0) is 17.9 Å². The van der Waals surface area contributed by atoms with Crippen molar-refractivity contribution in [3.63, 3.8) is 0 Å². The molecule has 2 aliphatic rings. The number of nitrogens with zero attached hydrogens (tertiary/aromatic N) is 3. The van der Waals surface area contributed by atoms with E-state index in [1.807, 2.05) is 43.0 Å². The molecule has 3 aromatic rings. The van der Waals surface area contributed by atoms with Crippen LogP contribution in [0.15, 0.2) is 56.9 Å². The van der Waals surface area contributed by atoms with Crippen molar-refractivity contribution in [2.75, 3.05) is 4.72 Å². The van der Waals surface area contributed by atoms with Crippen LogP contribution in [0.25, 0.3) is 11.1 Å². The molecule has 2 N–H and O–H groups in total. The van der Waals surface area contributed by atoms with Crippen LogP contribution in [0.3, 0.4) is 0 Å². The number of hydrogen-bond acceptors (Lipinski definition) is 7. The Balaban J connectivity index is 1.39. The van der Waals surface area contributed by atoms with Gasteiger partial charge in [0.2, 0.25) is 5.88 Å². The highest BCUT2D eigenvalue weighted by Gasteiger charge is 2.49. The van der Waals surface area contributed by atoms with Gasteiger partial charge in [0.25, 0.3) is 5.91 Å². The molecule has 8 heteroatoms. The topological polar surface area (TPSA) is 91.0 Å². The first-order valence-corrected chi connectivity index (χ1v) is 14.4. The number of anilines is 1. The van der Waals surface area contributed by atoms with E-state index in [9.17, 15) is 9.90 Å². The van der Waals surface area contributed by atoms with Crippen molar-refractivity contribution >= 4 is 29.6 Å². The molecule has 38 heavy (non-hydrogen) atoms. The van der Waals surface area contributed by atoms with Gasteiger partial charge in [0.1, 0.15) is 11.4 Å². The molecule has 1 aliphatic carbocycles. The van der Waals surface area contributed by atoms with Crippen LogP contribution in [-0.4, -0.2) is 32.4 Å². The second-order valence-electron chi connectivity index (χ2n) is 10.3. The van der Waals surface area contributed by atoms with Gasteiger partial charge >= 0.3 is 0 Å². The average molecular weight is 533 g/mol. The molecule has 2 aromatic carbocycles. The van der Waals surface area contributed by atoms with Gasteiger partial charge in [-0.15, -0.1) is 0 Å². The molecule has 2 heterocycles. The quantitative estimate of drug-likeness (QED) is 0.279. The molecule has 0 atom stereocenters. The van der Waals surface area contributed by atoms with Crippen LogP contribution in [0.5, 0.6) is 0 Å². The van der Waals surface area contributed by atoms with Gasteiger partial charge < -0.3 is 9.63 Å². The van der Waals surface area contributed by atoms with Gasteiger partial charge in [-0.3, -0.25) is 19.4 Å². The Labute approximate surface area is 228 Å². The number of hydrogen-bond donors (Lipinski definition) is 2. The predicted molar refractivity (Wildman–Crippen MR) is 152 cm³/mol. The second-order valence-corrected chi connectivity index (χ2v) is 11.2. The normalized spacial score (nSPS) is 16.5. The Hall–Kier alpha value is -3.10. The minimum atomic E-state index is -0.535. The number of aryl methyl sites for hydroxylation is 1.